The number of azo groups is 1. The SMILES string of the molecule is CC(=O)N[C@@H]1[C@@H](O)[C@@H](O)[C@@H](CO)C[C@H]1OCCOC1N=NC(CN(CCCCC(N(Cc2cn(CCOCCO[C@@H]3O[C@H](CO)[C@H](O)[C@H](O)[C@H]3C)nn2)Cc2cn(CCOCCO[C@@H]3O[C@H](CO)[C@H](O)[C@H](O)[C@H]3NC(C)=O)nn2)C(C)(C)C)Cc2cn(CCOCCO[C@@H]3O[C@H](CO)[C@H](O)[C@H](O)[C@H]3NC(C)=O)nn2)=N1. The Kier molecular flexibility index (Phi) is 36.4. The van der Waals surface area contributed by atoms with Crippen molar-refractivity contribution in [3.05, 3.63) is 35.7 Å². The van der Waals surface area contributed by atoms with Gasteiger partial charge < -0.3 is 129 Å². The van der Waals surface area contributed by atoms with Crippen LogP contribution in [0.5, 0.6) is 0 Å². The van der Waals surface area contributed by atoms with Gasteiger partial charge in [-0.3, -0.25) is 24.2 Å². The van der Waals surface area contributed by atoms with Crippen LogP contribution in [0.15, 0.2) is 33.8 Å². The van der Waals surface area contributed by atoms with Gasteiger partial charge in [0.15, 0.2) is 24.7 Å². The third-order valence-electron chi connectivity index (χ3n) is 19.4. The molecule has 0 aromatic carbocycles. The lowest BCUT2D eigenvalue weighted by Crippen LogP contribution is -2.64. The zero-order valence-electron chi connectivity index (χ0n) is 63.4. The van der Waals surface area contributed by atoms with Gasteiger partial charge in [0.2, 0.25) is 17.7 Å². The van der Waals surface area contributed by atoms with Crippen molar-refractivity contribution in [3.8, 4) is 0 Å². The highest BCUT2D eigenvalue weighted by Gasteiger charge is 2.48. The zero-order valence-corrected chi connectivity index (χ0v) is 63.4. The fourth-order valence-corrected chi connectivity index (χ4v) is 13.7. The van der Waals surface area contributed by atoms with Crippen molar-refractivity contribution in [2.45, 2.75) is 236 Å². The number of aliphatic hydroxyl groups excluding tert-OH is 12. The third-order valence-corrected chi connectivity index (χ3v) is 19.4. The number of aliphatic hydroxyl groups is 12. The summed E-state index contributed by atoms with van der Waals surface area (Å²) in [6, 6.07) is -3.22. The molecule has 43 nitrogen and oxygen atoms in total. The van der Waals surface area contributed by atoms with Gasteiger partial charge in [0.25, 0.3) is 6.35 Å². The molecule has 4 fully saturated rings. The summed E-state index contributed by atoms with van der Waals surface area (Å²) in [5, 5.41) is 166. The normalized spacial score (nSPS) is 30.3. The largest absolute Gasteiger partial charge is 0.396 e. The van der Waals surface area contributed by atoms with Crippen molar-refractivity contribution >= 4 is 23.6 Å². The fraction of sp³-hybridized carbons (Fsp3) is 0.851. The summed E-state index contributed by atoms with van der Waals surface area (Å²) < 4.78 is 68.9. The second-order valence-corrected chi connectivity index (χ2v) is 29.0. The molecule has 2 unspecified atom stereocenters. The Hall–Kier alpha value is -5.90. The first kappa shape index (κ1) is 89.6. The van der Waals surface area contributed by atoms with Gasteiger partial charge >= 0.3 is 0 Å². The van der Waals surface area contributed by atoms with Gasteiger partial charge in [-0.2, -0.15) is 0 Å². The van der Waals surface area contributed by atoms with Crippen molar-refractivity contribution in [2.24, 2.45) is 32.5 Å². The van der Waals surface area contributed by atoms with Crippen LogP contribution in [0.25, 0.3) is 0 Å². The third kappa shape index (κ3) is 26.9. The highest BCUT2D eigenvalue weighted by atomic mass is 16.7. The van der Waals surface area contributed by atoms with Crippen LogP contribution in [0.4, 0.5) is 0 Å². The van der Waals surface area contributed by atoms with Crippen molar-refractivity contribution in [1.29, 1.82) is 0 Å². The van der Waals surface area contributed by atoms with Gasteiger partial charge in [0, 0.05) is 83.5 Å². The van der Waals surface area contributed by atoms with Crippen molar-refractivity contribution < 1.29 is 128 Å². The molecule has 43 heteroatoms. The summed E-state index contributed by atoms with van der Waals surface area (Å²) in [6.07, 6.45) is -11.3. The number of aliphatic imine (C=N–C) groups is 1. The molecule has 0 bridgehead atoms. The monoisotopic (exact) mass is 1570 g/mol. The van der Waals surface area contributed by atoms with E-state index in [1.807, 2.05) is 12.4 Å². The predicted molar refractivity (Wildman–Crippen MR) is 376 cm³/mol. The number of amidine groups is 1. The maximum Gasteiger partial charge on any atom is 0.266 e. The number of aromatic nitrogens is 9. The minimum Gasteiger partial charge on any atom is -0.396 e. The molecule has 110 heavy (non-hydrogen) atoms. The Morgan fingerprint density at radius 1 is 0.518 bits per heavy atom. The summed E-state index contributed by atoms with van der Waals surface area (Å²) in [5.41, 5.74) is 1.64. The first-order chi connectivity index (χ1) is 52.7. The molecule has 1 aliphatic carbocycles. The highest BCUT2D eigenvalue weighted by Crippen LogP contribution is 2.33. The van der Waals surface area contributed by atoms with E-state index >= 15 is 0 Å². The number of carbonyl (C=O) groups is 3. The Bertz CT molecular complexity index is 3260. The molecular weight excluding hydrogens is 1460 g/mol. The summed E-state index contributed by atoms with van der Waals surface area (Å²) in [4.78, 5) is 44.9. The van der Waals surface area contributed by atoms with Crippen LogP contribution in [0, 0.1) is 17.3 Å². The fourth-order valence-electron chi connectivity index (χ4n) is 13.7. The standard InChI is InChI=1S/C67H115N17O26/c1-38-55(92)57(94)47(35-86)108-63(38)104-21-18-100-16-13-83-31-44(73-78-83)28-81(29-45-32-84(79-74-45)14-17-102-20-23-106-65-54(70-41(4)91)62(99)59(96)49(37-88)110-65)50(67(5,6)7)10-8-9-11-80(33-51-71-66(76-75-51)107-25-24-103-46-26-42(34-85)56(93)60(97)52(46)68-39(2)89)27-43-30-82(77-72-43)12-15-101-19-22-105-64-53(69-40(3)90)61(98)58(95)48(36-87)109-64/h30-32,38,42,46-50,52-66,85-88,92-99H,8-29,33-37H2,1-7H3,(H,68,89)(H,69,90)(H,70,91)/t38-,42-,46-,47-,48-,49-,50?,52+,53-,54-,55-,56+,57+,58+,59+,60-,61-,62-,63-,64-,65-,66?/m1/s1. The van der Waals surface area contributed by atoms with Crippen LogP contribution in [-0.4, -0.2) is 374 Å². The molecule has 4 aliphatic heterocycles. The number of amides is 3. The van der Waals surface area contributed by atoms with Gasteiger partial charge in [0.1, 0.15) is 67.0 Å². The van der Waals surface area contributed by atoms with E-state index in [0.717, 1.165) is 6.42 Å². The van der Waals surface area contributed by atoms with E-state index in [1.54, 1.807) is 27.2 Å². The van der Waals surface area contributed by atoms with Gasteiger partial charge in [-0.25, -0.2) is 19.0 Å². The first-order valence-electron chi connectivity index (χ1n) is 37.3. The topological polar surface area (TPSA) is 567 Å². The molecule has 8 rings (SSSR count). The molecule has 3 saturated heterocycles. The van der Waals surface area contributed by atoms with E-state index in [0.29, 0.717) is 81.6 Å². The molecule has 15 N–H and O–H groups in total. The number of hydrogen-bond donors (Lipinski definition) is 15. The van der Waals surface area contributed by atoms with Crippen LogP contribution >= 0.6 is 0 Å². The van der Waals surface area contributed by atoms with Crippen molar-refractivity contribution in [3.63, 3.8) is 0 Å². The van der Waals surface area contributed by atoms with E-state index in [2.05, 4.69) is 92.7 Å². The molecule has 1 saturated carbocycles. The Morgan fingerprint density at radius 2 is 0.945 bits per heavy atom. The Labute approximate surface area is 636 Å². The molecule has 7 heterocycles. The number of unbranched alkanes of at least 4 members (excludes halogenated alkanes) is 1. The van der Waals surface area contributed by atoms with Crippen LogP contribution in [0.2, 0.25) is 0 Å². The molecule has 0 radical (unpaired) electrons. The minimum absolute atomic E-state index is 0.00150. The van der Waals surface area contributed by atoms with Crippen LogP contribution < -0.4 is 16.0 Å². The molecule has 5 aliphatic rings. The highest BCUT2D eigenvalue weighted by molar-refractivity contribution is 5.85. The van der Waals surface area contributed by atoms with Gasteiger partial charge in [-0.15, -0.1) is 25.5 Å². The van der Waals surface area contributed by atoms with Gasteiger partial charge in [0.05, 0.1) is 160 Å². The quantitative estimate of drug-likeness (QED) is 0.0234. The first-order valence-corrected chi connectivity index (χ1v) is 37.3. The maximum atomic E-state index is 12.0. The molecule has 3 aromatic heterocycles. The predicted octanol–water partition coefficient (Wildman–Crippen LogP) is -6.60. The molecular formula is C67H115N17O26. The summed E-state index contributed by atoms with van der Waals surface area (Å²) >= 11 is 0. The van der Waals surface area contributed by atoms with Crippen LogP contribution in [-0.2, 0) is 106 Å². The van der Waals surface area contributed by atoms with E-state index in [1.165, 1.54) is 20.8 Å². The molecule has 0 spiro atoms. The lowest BCUT2D eigenvalue weighted by Gasteiger charge is -2.42. The summed E-state index contributed by atoms with van der Waals surface area (Å²) in [5.74, 6) is -2.24. The minimum atomic E-state index is -1.46. The lowest BCUT2D eigenvalue weighted by atomic mass is 9.79. The van der Waals surface area contributed by atoms with Crippen LogP contribution in [0.1, 0.15) is 91.2 Å². The number of nitrogens with one attached hydrogen (secondary N) is 3. The Balaban J connectivity index is 0.905. The summed E-state index contributed by atoms with van der Waals surface area (Å²) in [7, 11) is 0. The number of nitrogens with zero attached hydrogens (tertiary/aromatic N) is 14. The van der Waals surface area contributed by atoms with Crippen LogP contribution in [0.3, 0.4) is 0 Å². The number of rotatable bonds is 47. The molecule has 3 amide bonds. The second-order valence-electron chi connectivity index (χ2n) is 29.0. The van der Waals surface area contributed by atoms with Crippen molar-refractivity contribution in [1.82, 2.24) is 70.7 Å². The summed E-state index contributed by atoms with van der Waals surface area (Å²) in [6.45, 7) is 13.8. The number of ether oxygens (including phenoxy) is 11. The molecule has 22 atom stereocenters. The van der Waals surface area contributed by atoms with Gasteiger partial charge in [-0.05, 0) is 31.2 Å². The number of hydrogen-bond acceptors (Lipinski definition) is 37. The van der Waals surface area contributed by atoms with E-state index in [-0.39, 0.29) is 97.1 Å². The van der Waals surface area contributed by atoms with E-state index in [9.17, 15) is 75.7 Å². The molecule has 624 valence electrons. The Morgan fingerprint density at radius 3 is 1.41 bits per heavy atom. The maximum absolute atomic E-state index is 12.0. The van der Waals surface area contributed by atoms with E-state index < -0.39 is 173 Å². The van der Waals surface area contributed by atoms with E-state index in [4.69, 9.17) is 52.1 Å². The average Bonchev–Trinajstić information content (AvgIpc) is 1.04. The second kappa shape index (κ2) is 44.7. The number of carbonyl (C=O) groups excluding carboxylic acids is 3. The van der Waals surface area contributed by atoms with Gasteiger partial charge in [-0.1, -0.05) is 49.8 Å². The molecule has 3 aromatic rings. The smallest absolute Gasteiger partial charge is 0.266 e. The lowest BCUT2D eigenvalue weighted by molar-refractivity contribution is -0.284. The average molecular weight is 1570 g/mol. The van der Waals surface area contributed by atoms with Crippen molar-refractivity contribution in [2.75, 3.05) is 112 Å². The zero-order chi connectivity index (χ0) is 79.6.